The van der Waals surface area contributed by atoms with E-state index in [0.29, 0.717) is 12.6 Å². The molecule has 2 fully saturated rings. The highest BCUT2D eigenvalue weighted by atomic mass is 16.3. The van der Waals surface area contributed by atoms with Crippen molar-refractivity contribution >= 4 is 23.3 Å². The third-order valence-corrected chi connectivity index (χ3v) is 5.25. The van der Waals surface area contributed by atoms with Gasteiger partial charge in [0.05, 0.1) is 6.61 Å². The predicted octanol–water partition coefficient (Wildman–Crippen LogP) is 1.81. The van der Waals surface area contributed by atoms with Crippen molar-refractivity contribution in [2.24, 2.45) is 0 Å². The Kier molecular flexibility index (Phi) is 5.29. The molecule has 144 valence electrons. The molecule has 1 saturated carbocycles. The lowest BCUT2D eigenvalue weighted by Gasteiger charge is -2.37. The molecule has 0 amide bonds. The molecule has 0 radical (unpaired) electrons. The SMILES string of the molecule is CN(c1nc(NCCO)cc(N2CCN(c3ccccc3)CC2)n1)C1CC1. The zero-order valence-corrected chi connectivity index (χ0v) is 15.9. The van der Waals surface area contributed by atoms with Crippen LogP contribution in [-0.2, 0) is 0 Å². The van der Waals surface area contributed by atoms with E-state index in [4.69, 9.17) is 10.1 Å². The first-order chi connectivity index (χ1) is 13.2. The maximum absolute atomic E-state index is 9.13. The highest BCUT2D eigenvalue weighted by Gasteiger charge is 2.29. The fourth-order valence-electron chi connectivity index (χ4n) is 3.47. The van der Waals surface area contributed by atoms with Gasteiger partial charge in [-0.2, -0.15) is 9.97 Å². The van der Waals surface area contributed by atoms with E-state index in [1.807, 2.05) is 6.07 Å². The Balaban J connectivity index is 1.49. The molecule has 0 unspecified atom stereocenters. The van der Waals surface area contributed by atoms with Crippen LogP contribution in [0.3, 0.4) is 0 Å². The van der Waals surface area contributed by atoms with Gasteiger partial charge in [0.15, 0.2) is 0 Å². The Morgan fingerprint density at radius 1 is 1.07 bits per heavy atom. The molecular weight excluding hydrogens is 340 g/mol. The number of nitrogens with one attached hydrogen (secondary N) is 1. The molecule has 2 heterocycles. The molecule has 0 spiro atoms. The largest absolute Gasteiger partial charge is 0.395 e. The normalized spacial score (nSPS) is 17.1. The first-order valence-corrected chi connectivity index (χ1v) is 9.76. The van der Waals surface area contributed by atoms with Crippen molar-refractivity contribution in [3.05, 3.63) is 36.4 Å². The fraction of sp³-hybridized carbons (Fsp3) is 0.500. The molecule has 7 nitrogen and oxygen atoms in total. The van der Waals surface area contributed by atoms with Crippen molar-refractivity contribution in [3.8, 4) is 0 Å². The van der Waals surface area contributed by atoms with Crippen molar-refractivity contribution in [3.63, 3.8) is 0 Å². The fourth-order valence-corrected chi connectivity index (χ4v) is 3.47. The van der Waals surface area contributed by atoms with Crippen molar-refractivity contribution in [2.75, 3.05) is 66.4 Å². The lowest BCUT2D eigenvalue weighted by molar-refractivity contribution is 0.311. The summed E-state index contributed by atoms with van der Waals surface area (Å²) in [5.41, 5.74) is 1.28. The van der Waals surface area contributed by atoms with Crippen molar-refractivity contribution < 1.29 is 5.11 Å². The maximum atomic E-state index is 9.13. The number of piperazine rings is 1. The first-order valence-electron chi connectivity index (χ1n) is 9.76. The predicted molar refractivity (Wildman–Crippen MR) is 110 cm³/mol. The summed E-state index contributed by atoms with van der Waals surface area (Å²) in [6.07, 6.45) is 2.42. The minimum Gasteiger partial charge on any atom is -0.395 e. The van der Waals surface area contributed by atoms with E-state index in [9.17, 15) is 0 Å². The van der Waals surface area contributed by atoms with Gasteiger partial charge in [-0.1, -0.05) is 18.2 Å². The average Bonchev–Trinajstić information content (AvgIpc) is 3.58. The molecule has 2 N–H and O–H groups in total. The van der Waals surface area contributed by atoms with E-state index < -0.39 is 0 Å². The van der Waals surface area contributed by atoms with Crippen LogP contribution in [0.2, 0.25) is 0 Å². The van der Waals surface area contributed by atoms with E-state index in [1.54, 1.807) is 0 Å². The van der Waals surface area contributed by atoms with Gasteiger partial charge in [0.1, 0.15) is 11.6 Å². The Morgan fingerprint density at radius 3 is 2.44 bits per heavy atom. The van der Waals surface area contributed by atoms with Crippen LogP contribution in [0.15, 0.2) is 36.4 Å². The average molecular weight is 368 g/mol. The second kappa shape index (κ2) is 8.00. The summed E-state index contributed by atoms with van der Waals surface area (Å²) in [6, 6.07) is 13.1. The molecule has 1 aromatic heterocycles. The number of nitrogens with zero attached hydrogens (tertiary/aromatic N) is 5. The molecular formula is C20H28N6O. The smallest absolute Gasteiger partial charge is 0.229 e. The Morgan fingerprint density at radius 2 is 1.78 bits per heavy atom. The van der Waals surface area contributed by atoms with E-state index in [0.717, 1.165) is 43.8 Å². The standard InChI is InChI=1S/C20H28N6O/c1-24(16-7-8-16)20-22-18(21-9-14-27)15-19(23-20)26-12-10-25(11-13-26)17-5-3-2-4-6-17/h2-6,15-16,27H,7-14H2,1H3,(H,21,22,23). The van der Waals surface area contributed by atoms with Crippen LogP contribution in [0.5, 0.6) is 0 Å². The zero-order chi connectivity index (χ0) is 18.6. The van der Waals surface area contributed by atoms with Crippen LogP contribution < -0.4 is 20.0 Å². The van der Waals surface area contributed by atoms with Crippen LogP contribution in [-0.4, -0.2) is 67.5 Å². The highest BCUT2D eigenvalue weighted by Crippen LogP contribution is 2.30. The number of anilines is 4. The number of aromatic nitrogens is 2. The zero-order valence-electron chi connectivity index (χ0n) is 15.9. The number of rotatable bonds is 7. The number of aliphatic hydroxyl groups excluding tert-OH is 1. The van der Waals surface area contributed by atoms with Crippen LogP contribution in [0.4, 0.5) is 23.3 Å². The van der Waals surface area contributed by atoms with Gasteiger partial charge >= 0.3 is 0 Å². The molecule has 27 heavy (non-hydrogen) atoms. The molecule has 2 aromatic rings. The number of benzene rings is 1. The number of hydrogen-bond donors (Lipinski definition) is 2. The summed E-state index contributed by atoms with van der Waals surface area (Å²) >= 11 is 0. The summed E-state index contributed by atoms with van der Waals surface area (Å²) in [6.45, 7) is 4.38. The van der Waals surface area contributed by atoms with Crippen molar-refractivity contribution in [1.29, 1.82) is 0 Å². The Hall–Kier alpha value is -2.54. The third-order valence-electron chi connectivity index (χ3n) is 5.25. The molecule has 1 aliphatic heterocycles. The molecule has 7 heteroatoms. The van der Waals surface area contributed by atoms with Crippen LogP contribution in [0, 0.1) is 0 Å². The van der Waals surface area contributed by atoms with Gasteiger partial charge in [-0.3, -0.25) is 0 Å². The van der Waals surface area contributed by atoms with Gasteiger partial charge in [-0.25, -0.2) is 0 Å². The molecule has 1 saturated heterocycles. The van der Waals surface area contributed by atoms with Crippen LogP contribution in [0.25, 0.3) is 0 Å². The number of aliphatic hydroxyl groups is 1. The van der Waals surface area contributed by atoms with Crippen molar-refractivity contribution in [2.45, 2.75) is 18.9 Å². The van der Waals surface area contributed by atoms with Gasteiger partial charge in [-0.05, 0) is 25.0 Å². The maximum Gasteiger partial charge on any atom is 0.229 e. The number of para-hydroxylation sites is 1. The quantitative estimate of drug-likeness (QED) is 0.772. The first kappa shape index (κ1) is 17.9. The highest BCUT2D eigenvalue weighted by molar-refractivity contribution is 5.56. The summed E-state index contributed by atoms with van der Waals surface area (Å²) in [4.78, 5) is 16.4. The molecule has 4 rings (SSSR count). The summed E-state index contributed by atoms with van der Waals surface area (Å²) in [7, 11) is 2.07. The summed E-state index contributed by atoms with van der Waals surface area (Å²) in [5, 5.41) is 12.3. The molecule has 0 bridgehead atoms. The van der Waals surface area contributed by atoms with E-state index >= 15 is 0 Å². The second-order valence-electron chi connectivity index (χ2n) is 7.21. The lowest BCUT2D eigenvalue weighted by atomic mass is 10.2. The summed E-state index contributed by atoms with van der Waals surface area (Å²) in [5.74, 6) is 2.50. The van der Waals surface area contributed by atoms with Gasteiger partial charge in [-0.15, -0.1) is 0 Å². The van der Waals surface area contributed by atoms with Gasteiger partial charge in [0, 0.05) is 57.6 Å². The van der Waals surface area contributed by atoms with Crippen LogP contribution in [0.1, 0.15) is 12.8 Å². The topological polar surface area (TPSA) is 67.8 Å². The molecule has 1 aromatic carbocycles. The minimum absolute atomic E-state index is 0.0862. The van der Waals surface area contributed by atoms with Gasteiger partial charge in [0.25, 0.3) is 0 Å². The number of hydrogen-bond acceptors (Lipinski definition) is 7. The molecule has 1 aliphatic carbocycles. The van der Waals surface area contributed by atoms with Crippen molar-refractivity contribution in [1.82, 2.24) is 9.97 Å². The molecule has 2 aliphatic rings. The van der Waals surface area contributed by atoms with Gasteiger partial charge < -0.3 is 25.1 Å². The third kappa shape index (κ3) is 4.24. The van der Waals surface area contributed by atoms with Crippen LogP contribution >= 0.6 is 0 Å². The van der Waals surface area contributed by atoms with E-state index in [-0.39, 0.29) is 6.61 Å². The molecule has 0 atom stereocenters. The Bertz CT molecular complexity index is 743. The lowest BCUT2D eigenvalue weighted by Crippen LogP contribution is -2.47. The monoisotopic (exact) mass is 368 g/mol. The summed E-state index contributed by atoms with van der Waals surface area (Å²) < 4.78 is 0. The van der Waals surface area contributed by atoms with Gasteiger partial charge in [0.2, 0.25) is 5.95 Å². The van der Waals surface area contributed by atoms with E-state index in [1.165, 1.54) is 18.5 Å². The minimum atomic E-state index is 0.0862. The van der Waals surface area contributed by atoms with E-state index in [2.05, 4.69) is 62.4 Å². The Labute approximate surface area is 160 Å². The second-order valence-corrected chi connectivity index (χ2v) is 7.21.